The Morgan fingerprint density at radius 1 is 1.09 bits per heavy atom. The highest BCUT2D eigenvalue weighted by molar-refractivity contribution is 5.95. The molecule has 0 radical (unpaired) electrons. The number of hydrazine groups is 1. The molecule has 0 aliphatic carbocycles. The lowest BCUT2D eigenvalue weighted by molar-refractivity contribution is -0.121. The molecule has 2 amide bonds. The van der Waals surface area contributed by atoms with Gasteiger partial charge in [-0.25, -0.2) is 4.39 Å². The zero-order valence-electron chi connectivity index (χ0n) is 11.9. The average molecular weight is 302 g/mol. The molecular formula is C16H15FN2O3. The standard InChI is InChI=1S/C16H15FN2O3/c1-22-14-4-2-3-11(9-14)10-15(20)18-19-16(21)12-5-7-13(17)8-6-12/h2-9H,10H2,1H3,(H,18,20)(H,19,21). The van der Waals surface area contributed by atoms with Gasteiger partial charge in [-0.2, -0.15) is 0 Å². The van der Waals surface area contributed by atoms with Gasteiger partial charge in [-0.05, 0) is 42.0 Å². The molecule has 22 heavy (non-hydrogen) atoms. The topological polar surface area (TPSA) is 67.4 Å². The van der Waals surface area contributed by atoms with E-state index in [0.29, 0.717) is 5.75 Å². The molecule has 0 aliphatic rings. The molecule has 0 aliphatic heterocycles. The first kappa shape index (κ1) is 15.5. The van der Waals surface area contributed by atoms with Crippen LogP contribution < -0.4 is 15.6 Å². The highest BCUT2D eigenvalue weighted by Crippen LogP contribution is 2.12. The normalized spacial score (nSPS) is 9.91. The van der Waals surface area contributed by atoms with Crippen LogP contribution in [0, 0.1) is 5.82 Å². The van der Waals surface area contributed by atoms with E-state index in [2.05, 4.69) is 10.9 Å². The van der Waals surface area contributed by atoms with Crippen LogP contribution in [0.15, 0.2) is 48.5 Å². The van der Waals surface area contributed by atoms with Crippen molar-refractivity contribution in [3.63, 3.8) is 0 Å². The number of benzene rings is 2. The molecule has 2 rings (SSSR count). The summed E-state index contributed by atoms with van der Waals surface area (Å²) >= 11 is 0. The second-order valence-corrected chi connectivity index (χ2v) is 4.54. The summed E-state index contributed by atoms with van der Waals surface area (Å²) in [5.74, 6) is -0.665. The molecule has 0 aromatic heterocycles. The molecule has 0 fully saturated rings. The lowest BCUT2D eigenvalue weighted by Crippen LogP contribution is -2.42. The van der Waals surface area contributed by atoms with E-state index in [-0.39, 0.29) is 17.9 Å². The number of hydrogen-bond acceptors (Lipinski definition) is 3. The van der Waals surface area contributed by atoms with Gasteiger partial charge in [0.1, 0.15) is 11.6 Å². The van der Waals surface area contributed by atoms with Crippen LogP contribution >= 0.6 is 0 Å². The van der Waals surface area contributed by atoms with E-state index in [1.54, 1.807) is 31.4 Å². The van der Waals surface area contributed by atoms with E-state index in [9.17, 15) is 14.0 Å². The van der Waals surface area contributed by atoms with Gasteiger partial charge in [0.15, 0.2) is 0 Å². The van der Waals surface area contributed by atoms with Crippen molar-refractivity contribution < 1.29 is 18.7 Å². The molecule has 5 nitrogen and oxygen atoms in total. The van der Waals surface area contributed by atoms with Crippen molar-refractivity contribution in [3.05, 3.63) is 65.5 Å². The molecule has 114 valence electrons. The van der Waals surface area contributed by atoms with Crippen LogP contribution in [0.3, 0.4) is 0 Å². The SMILES string of the molecule is COc1cccc(CC(=O)NNC(=O)c2ccc(F)cc2)c1. The van der Waals surface area contributed by atoms with Crippen LogP contribution in [0.2, 0.25) is 0 Å². The van der Waals surface area contributed by atoms with Crippen LogP contribution in [0.1, 0.15) is 15.9 Å². The van der Waals surface area contributed by atoms with Crippen LogP contribution in [0.4, 0.5) is 4.39 Å². The van der Waals surface area contributed by atoms with Crippen molar-refractivity contribution in [2.24, 2.45) is 0 Å². The summed E-state index contributed by atoms with van der Waals surface area (Å²) in [6, 6.07) is 12.1. The van der Waals surface area contributed by atoms with Gasteiger partial charge in [-0.3, -0.25) is 20.4 Å². The van der Waals surface area contributed by atoms with Crippen molar-refractivity contribution in [2.75, 3.05) is 7.11 Å². The van der Waals surface area contributed by atoms with Crippen molar-refractivity contribution >= 4 is 11.8 Å². The Kier molecular flexibility index (Phi) is 5.08. The molecule has 2 aromatic rings. The maximum atomic E-state index is 12.8. The van der Waals surface area contributed by atoms with E-state index in [0.717, 1.165) is 5.56 Å². The first-order chi connectivity index (χ1) is 10.6. The zero-order chi connectivity index (χ0) is 15.9. The molecule has 0 bridgehead atoms. The quantitative estimate of drug-likeness (QED) is 0.847. The van der Waals surface area contributed by atoms with E-state index in [4.69, 9.17) is 4.74 Å². The molecule has 2 N–H and O–H groups in total. The van der Waals surface area contributed by atoms with Gasteiger partial charge in [-0.15, -0.1) is 0 Å². The molecule has 0 atom stereocenters. The first-order valence-electron chi connectivity index (χ1n) is 6.56. The Morgan fingerprint density at radius 2 is 1.82 bits per heavy atom. The largest absolute Gasteiger partial charge is 0.497 e. The second-order valence-electron chi connectivity index (χ2n) is 4.54. The highest BCUT2D eigenvalue weighted by atomic mass is 19.1. The first-order valence-corrected chi connectivity index (χ1v) is 6.56. The lowest BCUT2D eigenvalue weighted by atomic mass is 10.1. The van der Waals surface area contributed by atoms with Gasteiger partial charge >= 0.3 is 0 Å². The Labute approximate surface area is 127 Å². The smallest absolute Gasteiger partial charge is 0.269 e. The van der Waals surface area contributed by atoms with Crippen LogP contribution in [0.25, 0.3) is 0 Å². The maximum absolute atomic E-state index is 12.8. The monoisotopic (exact) mass is 302 g/mol. The number of halogens is 1. The lowest BCUT2D eigenvalue weighted by Gasteiger charge is -2.08. The summed E-state index contributed by atoms with van der Waals surface area (Å²) in [5.41, 5.74) is 5.59. The predicted molar refractivity (Wildman–Crippen MR) is 78.7 cm³/mol. The fourth-order valence-electron chi connectivity index (χ4n) is 1.81. The highest BCUT2D eigenvalue weighted by Gasteiger charge is 2.08. The number of rotatable bonds is 4. The average Bonchev–Trinajstić information content (AvgIpc) is 2.53. The molecule has 0 heterocycles. The van der Waals surface area contributed by atoms with Crippen molar-refractivity contribution in [1.29, 1.82) is 0 Å². The third-order valence-electron chi connectivity index (χ3n) is 2.92. The Hall–Kier alpha value is -2.89. The summed E-state index contributed by atoms with van der Waals surface area (Å²) in [6.07, 6.45) is 0.0981. The minimum Gasteiger partial charge on any atom is -0.497 e. The van der Waals surface area contributed by atoms with Gasteiger partial charge in [0.2, 0.25) is 5.91 Å². The zero-order valence-corrected chi connectivity index (χ0v) is 11.9. The van der Waals surface area contributed by atoms with Gasteiger partial charge in [0.25, 0.3) is 5.91 Å². The van der Waals surface area contributed by atoms with E-state index < -0.39 is 11.7 Å². The number of ether oxygens (including phenoxy) is 1. The predicted octanol–water partition coefficient (Wildman–Crippen LogP) is 1.84. The molecule has 0 saturated heterocycles. The molecule has 0 spiro atoms. The summed E-state index contributed by atoms with van der Waals surface area (Å²) in [7, 11) is 1.54. The van der Waals surface area contributed by atoms with Gasteiger partial charge in [0.05, 0.1) is 13.5 Å². The van der Waals surface area contributed by atoms with E-state index in [1.165, 1.54) is 24.3 Å². The number of carbonyl (C=O) groups excluding carboxylic acids is 2. The van der Waals surface area contributed by atoms with Gasteiger partial charge in [0, 0.05) is 5.56 Å². The van der Waals surface area contributed by atoms with Gasteiger partial charge < -0.3 is 4.74 Å². The number of amides is 2. The minimum atomic E-state index is -0.515. The Balaban J connectivity index is 1.87. The van der Waals surface area contributed by atoms with Crippen LogP contribution in [0.5, 0.6) is 5.75 Å². The number of methoxy groups -OCH3 is 1. The fraction of sp³-hybridized carbons (Fsp3) is 0.125. The molecule has 6 heteroatoms. The Bertz CT molecular complexity index is 671. The third kappa shape index (κ3) is 4.31. The minimum absolute atomic E-state index is 0.0981. The van der Waals surface area contributed by atoms with E-state index in [1.807, 2.05) is 0 Å². The fourth-order valence-corrected chi connectivity index (χ4v) is 1.81. The summed E-state index contributed by atoms with van der Waals surface area (Å²) in [5, 5.41) is 0. The summed E-state index contributed by atoms with van der Waals surface area (Å²) < 4.78 is 17.8. The molecule has 0 saturated carbocycles. The number of hydrogen-bond donors (Lipinski definition) is 2. The maximum Gasteiger partial charge on any atom is 0.269 e. The summed E-state index contributed by atoms with van der Waals surface area (Å²) in [4.78, 5) is 23.5. The van der Waals surface area contributed by atoms with Gasteiger partial charge in [-0.1, -0.05) is 12.1 Å². The molecule has 2 aromatic carbocycles. The Morgan fingerprint density at radius 3 is 2.50 bits per heavy atom. The van der Waals surface area contributed by atoms with Crippen molar-refractivity contribution in [2.45, 2.75) is 6.42 Å². The summed E-state index contributed by atoms with van der Waals surface area (Å²) in [6.45, 7) is 0. The van der Waals surface area contributed by atoms with Crippen molar-refractivity contribution in [3.8, 4) is 5.75 Å². The number of nitrogens with one attached hydrogen (secondary N) is 2. The van der Waals surface area contributed by atoms with Crippen LogP contribution in [-0.2, 0) is 11.2 Å². The molecular weight excluding hydrogens is 287 g/mol. The molecule has 0 unspecified atom stereocenters. The van der Waals surface area contributed by atoms with Crippen LogP contribution in [-0.4, -0.2) is 18.9 Å². The van der Waals surface area contributed by atoms with Crippen molar-refractivity contribution in [1.82, 2.24) is 10.9 Å². The van der Waals surface area contributed by atoms with E-state index >= 15 is 0 Å². The number of carbonyl (C=O) groups is 2. The third-order valence-corrected chi connectivity index (χ3v) is 2.92. The second kappa shape index (κ2) is 7.21.